The van der Waals surface area contributed by atoms with Crippen LogP contribution in [0.15, 0.2) is 29.0 Å². The van der Waals surface area contributed by atoms with Gasteiger partial charge in [0.25, 0.3) is 5.91 Å². The first kappa shape index (κ1) is 22.6. The molecule has 1 aromatic carbocycles. The molecule has 34 heavy (non-hydrogen) atoms. The molecule has 1 saturated heterocycles. The Morgan fingerprint density at radius 2 is 1.79 bits per heavy atom. The Hall–Kier alpha value is -3.17. The lowest BCUT2D eigenvalue weighted by molar-refractivity contribution is -0.147. The maximum Gasteiger partial charge on any atom is 0.255 e. The first-order chi connectivity index (χ1) is 16.1. The van der Waals surface area contributed by atoms with Gasteiger partial charge in [-0.3, -0.25) is 19.3 Å². The van der Waals surface area contributed by atoms with Crippen molar-refractivity contribution in [1.29, 1.82) is 0 Å². The highest BCUT2D eigenvalue weighted by Gasteiger charge is 2.60. The van der Waals surface area contributed by atoms with Crippen molar-refractivity contribution in [2.24, 2.45) is 17.6 Å². The molecule has 9 nitrogen and oxygen atoms in total. The number of phenols is 1. The molecule has 3 atom stereocenters. The number of ketones is 2. The van der Waals surface area contributed by atoms with E-state index in [1.54, 1.807) is 0 Å². The molecule has 180 valence electrons. The summed E-state index contributed by atoms with van der Waals surface area (Å²) >= 11 is 0. The molecule has 6 N–H and O–H groups in total. The van der Waals surface area contributed by atoms with E-state index in [1.165, 1.54) is 12.5 Å². The minimum Gasteiger partial charge on any atom is -0.508 e. The van der Waals surface area contributed by atoms with Crippen LogP contribution in [-0.4, -0.2) is 61.5 Å². The van der Waals surface area contributed by atoms with Crippen LogP contribution in [-0.2, 0) is 27.3 Å². The van der Waals surface area contributed by atoms with E-state index in [9.17, 15) is 34.8 Å². The van der Waals surface area contributed by atoms with Crippen molar-refractivity contribution in [3.63, 3.8) is 0 Å². The number of aliphatic hydroxyl groups excluding tert-OH is 2. The van der Waals surface area contributed by atoms with Crippen molar-refractivity contribution in [2.45, 2.75) is 50.7 Å². The number of nitrogens with zero attached hydrogens (tertiary/aromatic N) is 1. The van der Waals surface area contributed by atoms with E-state index in [1.807, 2.05) is 6.07 Å². The van der Waals surface area contributed by atoms with Crippen LogP contribution in [0.5, 0.6) is 5.75 Å². The highest BCUT2D eigenvalue weighted by atomic mass is 16.3. The predicted molar refractivity (Wildman–Crippen MR) is 121 cm³/mol. The Kier molecular flexibility index (Phi) is 5.29. The molecule has 2 fully saturated rings. The molecule has 4 aliphatic rings. The van der Waals surface area contributed by atoms with Crippen molar-refractivity contribution in [2.75, 3.05) is 13.1 Å². The van der Waals surface area contributed by atoms with Gasteiger partial charge in [0.1, 0.15) is 22.8 Å². The number of aromatic hydroxyl groups is 1. The second-order valence-corrected chi connectivity index (χ2v) is 9.84. The fourth-order valence-electron chi connectivity index (χ4n) is 6.19. The third kappa shape index (κ3) is 3.18. The topological polar surface area (TPSA) is 161 Å². The molecule has 1 aromatic rings. The molecular formula is C25H28N2O7. The number of Topliss-reactive ketones (excluding diaryl/α,β-unsaturated/α-hetero) is 2. The minimum atomic E-state index is -2.53. The predicted octanol–water partition coefficient (Wildman–Crippen LogP) is 1.41. The van der Waals surface area contributed by atoms with Crippen LogP contribution in [0, 0.1) is 11.8 Å². The van der Waals surface area contributed by atoms with Crippen molar-refractivity contribution in [1.82, 2.24) is 4.90 Å². The van der Waals surface area contributed by atoms with Gasteiger partial charge in [0.2, 0.25) is 5.78 Å². The van der Waals surface area contributed by atoms with Crippen LogP contribution in [0.3, 0.4) is 0 Å². The number of piperidine rings is 1. The summed E-state index contributed by atoms with van der Waals surface area (Å²) in [7, 11) is 0. The van der Waals surface area contributed by atoms with Gasteiger partial charge in [0.15, 0.2) is 11.4 Å². The summed E-state index contributed by atoms with van der Waals surface area (Å²) in [5, 5.41) is 43.7. The lowest BCUT2D eigenvalue weighted by atomic mass is 9.59. The van der Waals surface area contributed by atoms with E-state index in [0.717, 1.165) is 37.1 Å². The average Bonchev–Trinajstić information content (AvgIpc) is 2.78. The zero-order valence-electron chi connectivity index (χ0n) is 18.7. The number of likely N-dealkylation sites (tertiary alicyclic amines) is 1. The molecule has 0 radical (unpaired) electrons. The van der Waals surface area contributed by atoms with Gasteiger partial charge < -0.3 is 26.2 Å². The number of rotatable bonds is 3. The van der Waals surface area contributed by atoms with Crippen LogP contribution >= 0.6 is 0 Å². The first-order valence-electron chi connectivity index (χ1n) is 11.7. The molecule has 3 unspecified atom stereocenters. The van der Waals surface area contributed by atoms with Crippen molar-refractivity contribution in [3.05, 3.63) is 45.7 Å². The van der Waals surface area contributed by atoms with Gasteiger partial charge >= 0.3 is 0 Å². The van der Waals surface area contributed by atoms with E-state index in [2.05, 4.69) is 4.90 Å². The first-order valence-corrected chi connectivity index (χ1v) is 11.7. The molecular weight excluding hydrogens is 440 g/mol. The molecule has 1 heterocycles. The third-order valence-electron chi connectivity index (χ3n) is 7.89. The SMILES string of the molecule is NC(=O)C1=C(O)C2(O)C(=O)C3=C(O)c4c(O)ccc(CN5CCCCC5)c4CC3CC2CC1=O. The lowest BCUT2D eigenvalue weighted by Crippen LogP contribution is -2.58. The summed E-state index contributed by atoms with van der Waals surface area (Å²) in [6, 6.07) is 3.32. The zero-order valence-corrected chi connectivity index (χ0v) is 18.7. The summed E-state index contributed by atoms with van der Waals surface area (Å²) in [6.07, 6.45) is 3.59. The van der Waals surface area contributed by atoms with E-state index in [0.29, 0.717) is 13.0 Å². The number of nitrogens with two attached hydrogens (primary N) is 1. The summed E-state index contributed by atoms with van der Waals surface area (Å²) in [4.78, 5) is 40.0. The van der Waals surface area contributed by atoms with E-state index < -0.39 is 52.0 Å². The Balaban J connectivity index is 1.61. The zero-order chi connectivity index (χ0) is 24.4. The normalized spacial score (nSPS) is 29.6. The van der Waals surface area contributed by atoms with Crippen LogP contribution in [0.2, 0.25) is 0 Å². The standard InChI is InChI=1S/C25H28N2O7/c26-24(33)20-17(29)10-14-8-13-9-15-12(11-27-6-2-1-3-7-27)4-5-16(28)19(15)21(30)18(13)22(31)25(14,34)23(20)32/h4-5,13-14,28,30,32,34H,1-3,6-11H2,(H2,26,33). The van der Waals surface area contributed by atoms with Gasteiger partial charge in [-0.2, -0.15) is 0 Å². The number of phenolic OH excluding ortho intramolecular Hbond substituents is 1. The van der Waals surface area contributed by atoms with Crippen LogP contribution in [0.1, 0.15) is 48.8 Å². The van der Waals surface area contributed by atoms with Gasteiger partial charge in [0.05, 0.1) is 5.56 Å². The third-order valence-corrected chi connectivity index (χ3v) is 7.89. The minimum absolute atomic E-state index is 0.110. The van der Waals surface area contributed by atoms with Gasteiger partial charge in [0, 0.05) is 24.5 Å². The van der Waals surface area contributed by atoms with E-state index >= 15 is 0 Å². The Bertz CT molecular complexity index is 1180. The van der Waals surface area contributed by atoms with E-state index in [-0.39, 0.29) is 29.7 Å². The maximum absolute atomic E-state index is 13.5. The molecule has 1 aliphatic heterocycles. The summed E-state index contributed by atoms with van der Waals surface area (Å²) in [5.74, 6) is -6.06. The number of carbonyl (C=O) groups excluding carboxylic acids is 3. The number of hydrogen-bond donors (Lipinski definition) is 5. The Labute approximate surface area is 196 Å². The van der Waals surface area contributed by atoms with Gasteiger partial charge in [-0.05, 0) is 61.9 Å². The lowest BCUT2D eigenvalue weighted by Gasteiger charge is -2.46. The summed E-state index contributed by atoms with van der Waals surface area (Å²) in [6.45, 7) is 2.59. The average molecular weight is 469 g/mol. The number of benzene rings is 1. The summed E-state index contributed by atoms with van der Waals surface area (Å²) < 4.78 is 0. The second kappa shape index (κ2) is 7.95. The quantitative estimate of drug-likeness (QED) is 0.416. The van der Waals surface area contributed by atoms with E-state index in [4.69, 9.17) is 5.73 Å². The molecule has 1 saturated carbocycles. The largest absolute Gasteiger partial charge is 0.508 e. The smallest absolute Gasteiger partial charge is 0.255 e. The van der Waals surface area contributed by atoms with Crippen LogP contribution < -0.4 is 5.73 Å². The maximum atomic E-state index is 13.5. The Morgan fingerprint density at radius 1 is 1.09 bits per heavy atom. The van der Waals surface area contributed by atoms with Crippen molar-refractivity contribution in [3.8, 4) is 5.75 Å². The molecule has 0 bridgehead atoms. The molecule has 3 aliphatic carbocycles. The molecule has 0 spiro atoms. The molecule has 5 rings (SSSR count). The number of carbonyl (C=O) groups is 3. The van der Waals surface area contributed by atoms with Crippen LogP contribution in [0.4, 0.5) is 0 Å². The monoisotopic (exact) mass is 468 g/mol. The second-order valence-electron chi connectivity index (χ2n) is 9.84. The number of aliphatic hydroxyl groups is 3. The number of primary amides is 1. The molecule has 9 heteroatoms. The molecule has 1 amide bonds. The van der Waals surface area contributed by atoms with Gasteiger partial charge in [-0.25, -0.2) is 0 Å². The van der Waals surface area contributed by atoms with Crippen molar-refractivity contribution < 1.29 is 34.8 Å². The molecule has 0 aromatic heterocycles. The number of fused-ring (bicyclic) bond motifs is 3. The van der Waals surface area contributed by atoms with Gasteiger partial charge in [-0.1, -0.05) is 12.5 Å². The van der Waals surface area contributed by atoms with Gasteiger partial charge in [-0.15, -0.1) is 0 Å². The fraction of sp³-hybridized carbons (Fsp3) is 0.480. The van der Waals surface area contributed by atoms with Crippen LogP contribution in [0.25, 0.3) is 5.76 Å². The Morgan fingerprint density at radius 3 is 2.47 bits per heavy atom. The number of hydrogen-bond acceptors (Lipinski definition) is 8. The summed E-state index contributed by atoms with van der Waals surface area (Å²) in [5.41, 5.74) is 3.64. The highest BCUT2D eigenvalue weighted by Crippen LogP contribution is 2.52. The number of amides is 1. The highest BCUT2D eigenvalue weighted by molar-refractivity contribution is 6.22. The fourth-order valence-corrected chi connectivity index (χ4v) is 6.19. The van der Waals surface area contributed by atoms with Crippen molar-refractivity contribution >= 4 is 23.2 Å².